The van der Waals surface area contributed by atoms with Crippen molar-refractivity contribution < 1.29 is 5.11 Å². The summed E-state index contributed by atoms with van der Waals surface area (Å²) in [5.41, 5.74) is 7.74. The van der Waals surface area contributed by atoms with E-state index in [1.165, 1.54) is 0 Å². The van der Waals surface area contributed by atoms with Crippen molar-refractivity contribution in [3.8, 4) is 0 Å². The van der Waals surface area contributed by atoms with Crippen molar-refractivity contribution in [1.82, 2.24) is 9.78 Å². The van der Waals surface area contributed by atoms with E-state index in [0.717, 1.165) is 11.1 Å². The molecule has 2 aromatic rings. The Balaban J connectivity index is 2.17. The number of aliphatic hydroxyl groups excluding tert-OH is 1. The molecule has 2 unspecified atom stereocenters. The second-order valence-electron chi connectivity index (χ2n) is 4.73. The molecule has 2 atom stereocenters. The molecule has 4 nitrogen and oxygen atoms in total. The lowest BCUT2D eigenvalue weighted by atomic mass is 9.99. The number of benzene rings is 1. The maximum atomic E-state index is 10.3. The number of aliphatic hydroxyl groups is 1. The lowest BCUT2D eigenvalue weighted by Crippen LogP contribution is -2.19. The molecule has 0 aliphatic rings. The van der Waals surface area contributed by atoms with Gasteiger partial charge in [0.05, 0.1) is 12.2 Å². The summed E-state index contributed by atoms with van der Waals surface area (Å²) in [5.74, 6) is 0. The van der Waals surface area contributed by atoms with Crippen molar-refractivity contribution in [2.75, 3.05) is 0 Å². The molecule has 0 bridgehead atoms. The first kappa shape index (κ1) is 12.8. The minimum atomic E-state index is -0.736. The number of hydrogen-bond donors (Lipinski definition) is 2. The number of hydrogen-bond acceptors (Lipinski definition) is 3. The van der Waals surface area contributed by atoms with Gasteiger partial charge in [-0.2, -0.15) is 5.10 Å². The second kappa shape index (κ2) is 5.33. The van der Waals surface area contributed by atoms with E-state index in [2.05, 4.69) is 5.10 Å². The third-order valence-corrected chi connectivity index (χ3v) is 3.02. The second-order valence-corrected chi connectivity index (χ2v) is 4.73. The van der Waals surface area contributed by atoms with Crippen LogP contribution < -0.4 is 5.73 Å². The van der Waals surface area contributed by atoms with Gasteiger partial charge < -0.3 is 10.8 Å². The van der Waals surface area contributed by atoms with Crippen molar-refractivity contribution >= 4 is 0 Å². The van der Waals surface area contributed by atoms with Crippen LogP contribution in [0.5, 0.6) is 0 Å². The Morgan fingerprint density at radius 2 is 1.83 bits per heavy atom. The van der Waals surface area contributed by atoms with Gasteiger partial charge in [0.25, 0.3) is 0 Å². The topological polar surface area (TPSA) is 64.1 Å². The van der Waals surface area contributed by atoms with Crippen LogP contribution in [0, 0.1) is 0 Å². The quantitative estimate of drug-likeness (QED) is 0.868. The summed E-state index contributed by atoms with van der Waals surface area (Å²) in [4.78, 5) is 0. The highest BCUT2D eigenvalue weighted by Gasteiger charge is 2.20. The highest BCUT2D eigenvalue weighted by Crippen LogP contribution is 2.26. The Hall–Kier alpha value is -1.65. The Kier molecular flexibility index (Phi) is 3.79. The fraction of sp³-hybridized carbons (Fsp3) is 0.357. The van der Waals surface area contributed by atoms with Crippen molar-refractivity contribution in [1.29, 1.82) is 0 Å². The van der Waals surface area contributed by atoms with Crippen LogP contribution in [0.2, 0.25) is 0 Å². The van der Waals surface area contributed by atoms with Crippen LogP contribution in [0.25, 0.3) is 0 Å². The molecule has 2 rings (SSSR count). The third-order valence-electron chi connectivity index (χ3n) is 3.02. The molecule has 0 saturated carbocycles. The average Bonchev–Trinajstić information content (AvgIpc) is 2.88. The molecule has 0 radical (unpaired) electrons. The van der Waals surface area contributed by atoms with E-state index in [4.69, 9.17) is 5.73 Å². The highest BCUT2D eigenvalue weighted by atomic mass is 16.3. The van der Waals surface area contributed by atoms with Crippen LogP contribution in [0.3, 0.4) is 0 Å². The summed E-state index contributed by atoms with van der Waals surface area (Å²) < 4.78 is 1.82. The first-order valence-electron chi connectivity index (χ1n) is 6.12. The monoisotopic (exact) mass is 245 g/mol. The Labute approximate surface area is 107 Å². The summed E-state index contributed by atoms with van der Waals surface area (Å²) >= 11 is 0. The van der Waals surface area contributed by atoms with Gasteiger partial charge in [0.2, 0.25) is 0 Å². The van der Waals surface area contributed by atoms with Crippen LogP contribution in [0.1, 0.15) is 43.2 Å². The number of nitrogens with two attached hydrogens (primary N) is 1. The van der Waals surface area contributed by atoms with Gasteiger partial charge in [-0.05, 0) is 19.4 Å². The van der Waals surface area contributed by atoms with E-state index in [1.807, 2.05) is 55.1 Å². The summed E-state index contributed by atoms with van der Waals surface area (Å²) in [5, 5.41) is 14.5. The fourth-order valence-electron chi connectivity index (χ4n) is 1.85. The lowest BCUT2D eigenvalue weighted by Gasteiger charge is -2.18. The lowest BCUT2D eigenvalue weighted by molar-refractivity contribution is 0.147. The van der Waals surface area contributed by atoms with E-state index in [0.29, 0.717) is 0 Å². The molecule has 1 heterocycles. The van der Waals surface area contributed by atoms with E-state index >= 15 is 0 Å². The Morgan fingerprint density at radius 1 is 1.17 bits per heavy atom. The molecule has 3 N–H and O–H groups in total. The minimum absolute atomic E-state index is 0.277. The molecule has 0 saturated heterocycles. The van der Waals surface area contributed by atoms with E-state index in [-0.39, 0.29) is 6.04 Å². The molecule has 96 valence electrons. The van der Waals surface area contributed by atoms with Gasteiger partial charge in [-0.1, -0.05) is 30.3 Å². The largest absolute Gasteiger partial charge is 0.386 e. The van der Waals surface area contributed by atoms with Crippen molar-refractivity contribution in [3.63, 3.8) is 0 Å². The molecule has 0 aliphatic heterocycles. The first-order valence-corrected chi connectivity index (χ1v) is 6.12. The zero-order valence-electron chi connectivity index (χ0n) is 10.7. The number of aromatic nitrogens is 2. The normalized spacial score (nSPS) is 14.7. The van der Waals surface area contributed by atoms with E-state index < -0.39 is 12.1 Å². The predicted molar refractivity (Wildman–Crippen MR) is 70.9 cm³/mol. The Bertz CT molecular complexity index is 493. The third kappa shape index (κ3) is 2.60. The predicted octanol–water partition coefficient (Wildman–Crippen LogP) is 2.20. The van der Waals surface area contributed by atoms with Crippen LogP contribution in [0.4, 0.5) is 0 Å². The van der Waals surface area contributed by atoms with Crippen molar-refractivity contribution in [3.05, 3.63) is 53.9 Å². The smallest absolute Gasteiger partial charge is 0.101 e. The van der Waals surface area contributed by atoms with E-state index in [9.17, 15) is 5.11 Å². The van der Waals surface area contributed by atoms with Gasteiger partial charge in [0.1, 0.15) is 6.10 Å². The SMILES string of the molecule is CC(C)n1cc(C(O)C(N)c2ccccc2)cn1. The number of nitrogens with zero attached hydrogens (tertiary/aromatic N) is 2. The minimum Gasteiger partial charge on any atom is -0.386 e. The summed E-state index contributed by atoms with van der Waals surface area (Å²) in [6.45, 7) is 4.08. The molecular weight excluding hydrogens is 226 g/mol. The zero-order chi connectivity index (χ0) is 13.1. The average molecular weight is 245 g/mol. The zero-order valence-corrected chi connectivity index (χ0v) is 10.7. The van der Waals surface area contributed by atoms with Crippen LogP contribution in [0.15, 0.2) is 42.7 Å². The van der Waals surface area contributed by atoms with Crippen LogP contribution in [-0.2, 0) is 0 Å². The van der Waals surface area contributed by atoms with Gasteiger partial charge in [0.15, 0.2) is 0 Å². The standard InChI is InChI=1S/C14H19N3O/c1-10(2)17-9-12(8-16-17)14(18)13(15)11-6-4-3-5-7-11/h3-10,13-14,18H,15H2,1-2H3. The fourth-order valence-corrected chi connectivity index (χ4v) is 1.85. The summed E-state index contributed by atoms with van der Waals surface area (Å²) in [6, 6.07) is 9.44. The maximum absolute atomic E-state index is 10.3. The van der Waals surface area contributed by atoms with Crippen molar-refractivity contribution in [2.45, 2.75) is 32.0 Å². The summed E-state index contributed by atoms with van der Waals surface area (Å²) in [7, 11) is 0. The van der Waals surface area contributed by atoms with Crippen molar-refractivity contribution in [2.24, 2.45) is 5.73 Å². The van der Waals surface area contributed by atoms with Gasteiger partial charge in [-0.15, -0.1) is 0 Å². The van der Waals surface area contributed by atoms with Gasteiger partial charge in [0, 0.05) is 17.8 Å². The molecule has 0 amide bonds. The van der Waals surface area contributed by atoms with Gasteiger partial charge >= 0.3 is 0 Å². The number of rotatable bonds is 4. The molecule has 1 aromatic carbocycles. The summed E-state index contributed by atoms with van der Waals surface area (Å²) in [6.07, 6.45) is 2.78. The molecule has 0 aliphatic carbocycles. The molecule has 0 spiro atoms. The van der Waals surface area contributed by atoms with Crippen LogP contribution >= 0.6 is 0 Å². The van der Waals surface area contributed by atoms with Crippen LogP contribution in [-0.4, -0.2) is 14.9 Å². The highest BCUT2D eigenvalue weighted by molar-refractivity contribution is 5.23. The molecule has 18 heavy (non-hydrogen) atoms. The van der Waals surface area contributed by atoms with Gasteiger partial charge in [-0.25, -0.2) is 0 Å². The maximum Gasteiger partial charge on any atom is 0.101 e. The van der Waals surface area contributed by atoms with Gasteiger partial charge in [-0.3, -0.25) is 4.68 Å². The molecular formula is C14H19N3O. The molecule has 0 fully saturated rings. The first-order chi connectivity index (χ1) is 8.59. The molecule has 1 aromatic heterocycles. The van der Waals surface area contributed by atoms with E-state index in [1.54, 1.807) is 6.20 Å². The molecule has 4 heteroatoms. The Morgan fingerprint density at radius 3 is 2.39 bits per heavy atom.